The van der Waals surface area contributed by atoms with Crippen LogP contribution in [0, 0.1) is 0 Å². The number of hydrogen-bond donors (Lipinski definition) is 1. The summed E-state index contributed by atoms with van der Waals surface area (Å²) in [6.45, 7) is 4.75. The number of likely N-dealkylation sites (tertiary alicyclic amines) is 1. The van der Waals surface area contributed by atoms with Gasteiger partial charge in [0, 0.05) is 12.1 Å². The molecule has 0 atom stereocenters. The lowest BCUT2D eigenvalue weighted by molar-refractivity contribution is -0.117. The second-order valence-electron chi connectivity index (χ2n) is 8.23. The fraction of sp³-hybridized carbons (Fsp3) is 0.375. The second-order valence-corrected chi connectivity index (χ2v) is 8.23. The topological polar surface area (TPSA) is 80.4 Å². The summed E-state index contributed by atoms with van der Waals surface area (Å²) >= 11 is 0. The van der Waals surface area contributed by atoms with Gasteiger partial charge in [-0.15, -0.1) is 0 Å². The lowest BCUT2D eigenvalue weighted by Gasteiger charge is -2.26. The maximum absolute atomic E-state index is 12.4. The molecule has 4 rings (SSSR count). The molecule has 1 aromatic carbocycles. The van der Waals surface area contributed by atoms with E-state index in [0.717, 1.165) is 46.7 Å². The van der Waals surface area contributed by atoms with Crippen molar-refractivity contribution in [2.24, 2.45) is 0 Å². The van der Waals surface area contributed by atoms with Crippen LogP contribution in [0.4, 0.5) is 0 Å². The van der Waals surface area contributed by atoms with Gasteiger partial charge < -0.3 is 5.11 Å². The molecule has 0 unspecified atom stereocenters. The number of aromatic nitrogens is 3. The van der Waals surface area contributed by atoms with E-state index in [0.29, 0.717) is 6.54 Å². The molecule has 1 fully saturated rings. The van der Waals surface area contributed by atoms with Gasteiger partial charge in [0.25, 0.3) is 0 Å². The highest BCUT2D eigenvalue weighted by atomic mass is 16.3. The molecular formula is C24H28N4O3. The molecule has 31 heavy (non-hydrogen) atoms. The predicted octanol–water partition coefficient (Wildman–Crippen LogP) is 3.04. The zero-order valence-corrected chi connectivity index (χ0v) is 17.8. The number of rotatable bonds is 7. The molecule has 0 saturated carbocycles. The van der Waals surface area contributed by atoms with Crippen molar-refractivity contribution in [3.05, 3.63) is 70.4 Å². The Morgan fingerprint density at radius 2 is 1.77 bits per heavy atom. The van der Waals surface area contributed by atoms with Crippen molar-refractivity contribution in [2.45, 2.75) is 45.8 Å². The normalized spacial score (nSPS) is 14.6. The highest BCUT2D eigenvalue weighted by Crippen LogP contribution is 2.20. The van der Waals surface area contributed by atoms with Crippen molar-refractivity contribution in [1.82, 2.24) is 19.0 Å². The van der Waals surface area contributed by atoms with E-state index in [9.17, 15) is 14.7 Å². The van der Waals surface area contributed by atoms with Crippen LogP contribution in [0.2, 0.25) is 0 Å². The zero-order chi connectivity index (χ0) is 21.8. The summed E-state index contributed by atoms with van der Waals surface area (Å²) in [4.78, 5) is 31.0. The monoisotopic (exact) mass is 420 g/mol. The largest absolute Gasteiger partial charge is 0.493 e. The van der Waals surface area contributed by atoms with Crippen LogP contribution in [-0.2, 0) is 24.4 Å². The smallest absolute Gasteiger partial charge is 0.331 e. The van der Waals surface area contributed by atoms with Gasteiger partial charge in [-0.1, -0.05) is 36.8 Å². The average Bonchev–Trinajstić information content (AvgIpc) is 3.02. The van der Waals surface area contributed by atoms with Gasteiger partial charge >= 0.3 is 5.69 Å². The van der Waals surface area contributed by atoms with E-state index >= 15 is 0 Å². The van der Waals surface area contributed by atoms with Gasteiger partial charge in [0.2, 0.25) is 5.88 Å². The Kier molecular flexibility index (Phi) is 6.32. The number of carbonyl (C=O) groups excluding carboxylic acids is 1. The number of Topliss-reactive ketones (excluding diaryl/α,β-unsaturated/α-hetero) is 1. The van der Waals surface area contributed by atoms with Crippen molar-refractivity contribution in [2.75, 3.05) is 13.1 Å². The third-order valence-corrected chi connectivity index (χ3v) is 5.65. The maximum Gasteiger partial charge on any atom is 0.331 e. The summed E-state index contributed by atoms with van der Waals surface area (Å²) in [7, 11) is 0. The quantitative estimate of drug-likeness (QED) is 0.636. The van der Waals surface area contributed by atoms with Crippen LogP contribution in [0.3, 0.4) is 0 Å². The number of imidazole rings is 1. The molecule has 7 heteroatoms. The number of benzene rings is 1. The van der Waals surface area contributed by atoms with E-state index < -0.39 is 5.69 Å². The molecule has 2 aromatic heterocycles. The minimum atomic E-state index is -0.399. The molecule has 1 saturated heterocycles. The Morgan fingerprint density at radius 3 is 2.48 bits per heavy atom. The highest BCUT2D eigenvalue weighted by Gasteiger charge is 2.13. The van der Waals surface area contributed by atoms with Gasteiger partial charge in [-0.05, 0) is 50.6 Å². The molecule has 3 aromatic rings. The fourth-order valence-corrected chi connectivity index (χ4v) is 4.05. The number of ketones is 1. The molecule has 0 amide bonds. The lowest BCUT2D eigenvalue weighted by Crippen LogP contribution is -2.29. The molecule has 0 aliphatic carbocycles. The minimum absolute atomic E-state index is 0.129. The van der Waals surface area contributed by atoms with E-state index in [1.807, 2.05) is 30.3 Å². The van der Waals surface area contributed by atoms with Gasteiger partial charge in [0.1, 0.15) is 5.78 Å². The summed E-state index contributed by atoms with van der Waals surface area (Å²) in [5, 5.41) is 9.95. The van der Waals surface area contributed by atoms with Gasteiger partial charge in [-0.2, -0.15) is 0 Å². The zero-order valence-electron chi connectivity index (χ0n) is 17.8. The number of nitrogens with zero attached hydrogens (tertiary/aromatic N) is 4. The van der Waals surface area contributed by atoms with Crippen LogP contribution in [0.5, 0.6) is 5.88 Å². The van der Waals surface area contributed by atoms with E-state index in [4.69, 9.17) is 4.98 Å². The molecule has 1 aliphatic rings. The van der Waals surface area contributed by atoms with E-state index in [1.165, 1.54) is 37.0 Å². The maximum atomic E-state index is 12.4. The van der Waals surface area contributed by atoms with E-state index in [-0.39, 0.29) is 18.2 Å². The van der Waals surface area contributed by atoms with E-state index in [2.05, 4.69) is 17.0 Å². The first kappa shape index (κ1) is 21.1. The van der Waals surface area contributed by atoms with Crippen LogP contribution in [0.1, 0.15) is 37.4 Å². The minimum Gasteiger partial charge on any atom is -0.493 e. The molecule has 162 valence electrons. The first-order valence-electron chi connectivity index (χ1n) is 10.8. The molecule has 1 aliphatic heterocycles. The van der Waals surface area contributed by atoms with Crippen molar-refractivity contribution in [3.63, 3.8) is 0 Å². The van der Waals surface area contributed by atoms with Crippen LogP contribution in [-0.4, -0.2) is 43.0 Å². The van der Waals surface area contributed by atoms with Crippen LogP contribution in [0.15, 0.2) is 53.5 Å². The number of pyridine rings is 1. The number of piperidine rings is 1. The summed E-state index contributed by atoms with van der Waals surface area (Å²) in [5.74, 6) is -0.388. The molecule has 1 N–H and O–H groups in total. The summed E-state index contributed by atoms with van der Waals surface area (Å²) < 4.78 is 2.49. The van der Waals surface area contributed by atoms with Gasteiger partial charge in [-0.25, -0.2) is 4.79 Å². The Balaban J connectivity index is 1.47. The highest BCUT2D eigenvalue weighted by molar-refractivity contribution is 5.75. The molecule has 0 radical (unpaired) electrons. The third kappa shape index (κ3) is 5.11. The molecule has 3 heterocycles. The van der Waals surface area contributed by atoms with Crippen molar-refractivity contribution >= 4 is 5.78 Å². The van der Waals surface area contributed by atoms with Crippen molar-refractivity contribution in [3.8, 4) is 17.1 Å². The molecular weight excluding hydrogens is 392 g/mol. The molecule has 7 nitrogen and oxygen atoms in total. The van der Waals surface area contributed by atoms with Crippen molar-refractivity contribution < 1.29 is 9.90 Å². The summed E-state index contributed by atoms with van der Waals surface area (Å²) in [6, 6.07) is 14.1. The Labute approximate surface area is 181 Å². The summed E-state index contributed by atoms with van der Waals surface area (Å²) in [6.07, 6.45) is 5.22. The van der Waals surface area contributed by atoms with Crippen LogP contribution in [0.25, 0.3) is 11.3 Å². The van der Waals surface area contributed by atoms with Gasteiger partial charge in [0.05, 0.1) is 30.7 Å². The molecule has 0 bridgehead atoms. The van der Waals surface area contributed by atoms with Gasteiger partial charge in [0.15, 0.2) is 0 Å². The Hall–Kier alpha value is -3.19. The van der Waals surface area contributed by atoms with Crippen LogP contribution >= 0.6 is 0 Å². The fourth-order valence-electron chi connectivity index (χ4n) is 4.05. The third-order valence-electron chi connectivity index (χ3n) is 5.65. The summed E-state index contributed by atoms with van der Waals surface area (Å²) in [5.41, 5.74) is 3.56. The Bertz CT molecular complexity index is 1110. The lowest BCUT2D eigenvalue weighted by atomic mass is 10.1. The second kappa shape index (κ2) is 9.31. The number of aromatic hydroxyl groups is 1. The van der Waals surface area contributed by atoms with Gasteiger partial charge in [-0.3, -0.25) is 23.8 Å². The van der Waals surface area contributed by atoms with Crippen molar-refractivity contribution in [1.29, 1.82) is 0 Å². The SMILES string of the molecule is CC(=O)Cn1c(O)cn(Cc2ccc(-c3cccc(CN4CCCCC4)n3)cc2)c1=O. The Morgan fingerprint density at radius 1 is 1.03 bits per heavy atom. The standard InChI is InChI=1S/C24H28N4O3/c1-18(29)14-28-23(30)17-27(24(28)31)15-19-8-10-20(11-9-19)22-7-5-6-21(25-22)16-26-12-3-2-4-13-26/h5-11,17,30H,2-4,12-16H2,1H3. The van der Waals surface area contributed by atoms with E-state index in [1.54, 1.807) is 0 Å². The predicted molar refractivity (Wildman–Crippen MR) is 119 cm³/mol. The first-order chi connectivity index (χ1) is 15.0. The molecule has 0 spiro atoms. The van der Waals surface area contributed by atoms with Crippen LogP contribution < -0.4 is 5.69 Å². The number of carbonyl (C=O) groups is 1. The first-order valence-corrected chi connectivity index (χ1v) is 10.8. The number of hydrogen-bond acceptors (Lipinski definition) is 5. The average molecular weight is 421 g/mol.